The minimum Gasteiger partial charge on any atom is -0.310 e. The molecule has 59 heavy (non-hydrogen) atoms. The van der Waals surface area contributed by atoms with Crippen molar-refractivity contribution in [1.29, 1.82) is 0 Å². The Bertz CT molecular complexity index is 3130. The van der Waals surface area contributed by atoms with Gasteiger partial charge in [-0.2, -0.15) is 0 Å². The van der Waals surface area contributed by atoms with Crippen LogP contribution in [0.5, 0.6) is 0 Å². The standard InChI is InChI=1S/C54H38N4S/c1-54(2)46-26-13-12-24-42(46)43-25-15-27-47(50(43)54)58(40-23-14-22-38(32-40)35-16-6-3-7-17-35)41-29-31-49-45(34-41)44-33-39(28-30-48(44)59-49)53-56-51(36-18-8-4-9-19-36)55-52(57-53)37-20-10-5-11-21-37/h3-34H,1-2H3. The zero-order valence-electron chi connectivity index (χ0n) is 32.7. The van der Waals surface area contributed by atoms with Gasteiger partial charge in [0.05, 0.1) is 5.69 Å². The van der Waals surface area contributed by atoms with E-state index >= 15 is 0 Å². The van der Waals surface area contributed by atoms with Gasteiger partial charge in [0.2, 0.25) is 0 Å². The third-order valence-corrected chi connectivity index (χ3v) is 12.8. The fourth-order valence-electron chi connectivity index (χ4n) is 8.87. The van der Waals surface area contributed by atoms with Crippen LogP contribution in [0.2, 0.25) is 0 Å². The van der Waals surface area contributed by atoms with Crippen LogP contribution in [0.3, 0.4) is 0 Å². The predicted molar refractivity (Wildman–Crippen MR) is 247 cm³/mol. The van der Waals surface area contributed by atoms with E-state index in [9.17, 15) is 0 Å². The van der Waals surface area contributed by atoms with Gasteiger partial charge in [-0.25, -0.2) is 15.0 Å². The van der Waals surface area contributed by atoms with Crippen molar-refractivity contribution < 1.29 is 0 Å². The van der Waals surface area contributed by atoms with E-state index in [1.54, 1.807) is 0 Å². The summed E-state index contributed by atoms with van der Waals surface area (Å²) >= 11 is 1.82. The van der Waals surface area contributed by atoms with Gasteiger partial charge < -0.3 is 4.90 Å². The molecule has 0 aliphatic heterocycles. The molecule has 0 atom stereocenters. The van der Waals surface area contributed by atoms with Crippen LogP contribution in [0, 0.1) is 0 Å². The zero-order valence-corrected chi connectivity index (χ0v) is 33.5. The molecule has 10 aromatic rings. The van der Waals surface area contributed by atoms with E-state index in [1.165, 1.54) is 59.2 Å². The van der Waals surface area contributed by atoms with Gasteiger partial charge in [0.15, 0.2) is 17.5 Å². The highest BCUT2D eigenvalue weighted by Gasteiger charge is 2.38. The molecule has 0 saturated heterocycles. The van der Waals surface area contributed by atoms with Gasteiger partial charge in [0, 0.05) is 53.7 Å². The number of aromatic nitrogens is 3. The number of benzene rings is 8. The van der Waals surface area contributed by atoms with E-state index in [1.807, 2.05) is 72.0 Å². The molecule has 0 N–H and O–H groups in total. The Morgan fingerprint density at radius 1 is 0.407 bits per heavy atom. The van der Waals surface area contributed by atoms with E-state index in [-0.39, 0.29) is 5.41 Å². The van der Waals surface area contributed by atoms with Gasteiger partial charge in [-0.3, -0.25) is 0 Å². The maximum Gasteiger partial charge on any atom is 0.164 e. The number of thiophene rings is 1. The molecule has 0 saturated carbocycles. The van der Waals surface area contributed by atoms with Gasteiger partial charge >= 0.3 is 0 Å². The number of hydrogen-bond donors (Lipinski definition) is 0. The molecule has 11 rings (SSSR count). The SMILES string of the molecule is CC1(C)c2ccccc2-c2cccc(N(c3cccc(-c4ccccc4)c3)c3ccc4sc5ccc(-c6nc(-c7ccccc7)nc(-c7ccccc7)n6)cc5c4c3)c21. The molecule has 1 aliphatic rings. The van der Waals surface area contributed by atoms with Gasteiger partial charge in [0.25, 0.3) is 0 Å². The molecule has 5 heteroatoms. The summed E-state index contributed by atoms with van der Waals surface area (Å²) in [4.78, 5) is 17.5. The van der Waals surface area contributed by atoms with Crippen LogP contribution in [-0.2, 0) is 5.41 Å². The molecular weight excluding hydrogens is 737 g/mol. The predicted octanol–water partition coefficient (Wildman–Crippen LogP) is 14.7. The van der Waals surface area contributed by atoms with Crippen molar-refractivity contribution in [3.8, 4) is 56.4 Å². The molecule has 0 fully saturated rings. The van der Waals surface area contributed by atoms with Crippen molar-refractivity contribution in [3.63, 3.8) is 0 Å². The van der Waals surface area contributed by atoms with Crippen molar-refractivity contribution in [2.75, 3.05) is 4.90 Å². The highest BCUT2D eigenvalue weighted by atomic mass is 32.1. The molecule has 4 nitrogen and oxygen atoms in total. The van der Waals surface area contributed by atoms with E-state index in [2.05, 4.69) is 152 Å². The summed E-state index contributed by atoms with van der Waals surface area (Å²) < 4.78 is 2.45. The second kappa shape index (κ2) is 14.0. The van der Waals surface area contributed by atoms with Crippen LogP contribution in [-0.4, -0.2) is 15.0 Å². The fraction of sp³-hybridized carbons (Fsp3) is 0.0556. The van der Waals surface area contributed by atoms with Crippen LogP contribution >= 0.6 is 11.3 Å². The number of rotatable bonds is 7. The average Bonchev–Trinajstić information content (AvgIpc) is 3.78. The molecule has 1 aliphatic carbocycles. The smallest absolute Gasteiger partial charge is 0.164 e. The van der Waals surface area contributed by atoms with E-state index in [4.69, 9.17) is 15.0 Å². The van der Waals surface area contributed by atoms with Crippen LogP contribution < -0.4 is 4.90 Å². The van der Waals surface area contributed by atoms with Crippen molar-refractivity contribution in [2.24, 2.45) is 0 Å². The van der Waals surface area contributed by atoms with E-state index in [0.29, 0.717) is 17.5 Å². The summed E-state index contributed by atoms with van der Waals surface area (Å²) in [7, 11) is 0. The first-order chi connectivity index (χ1) is 29.0. The van der Waals surface area contributed by atoms with Gasteiger partial charge in [-0.15, -0.1) is 11.3 Å². The largest absolute Gasteiger partial charge is 0.310 e. The lowest BCUT2D eigenvalue weighted by Gasteiger charge is -2.32. The van der Waals surface area contributed by atoms with Crippen LogP contribution in [0.4, 0.5) is 17.1 Å². The maximum absolute atomic E-state index is 5.07. The monoisotopic (exact) mass is 774 g/mol. The van der Waals surface area contributed by atoms with Crippen LogP contribution in [0.15, 0.2) is 194 Å². The Morgan fingerprint density at radius 3 is 1.63 bits per heavy atom. The average molecular weight is 775 g/mol. The minimum atomic E-state index is -0.201. The maximum atomic E-state index is 5.07. The van der Waals surface area contributed by atoms with Gasteiger partial charge in [-0.05, 0) is 88.0 Å². The number of fused-ring (bicyclic) bond motifs is 6. The van der Waals surface area contributed by atoms with Crippen molar-refractivity contribution in [2.45, 2.75) is 19.3 Å². The number of nitrogens with zero attached hydrogens (tertiary/aromatic N) is 4. The lowest BCUT2D eigenvalue weighted by atomic mass is 9.81. The summed E-state index contributed by atoms with van der Waals surface area (Å²) in [6.45, 7) is 4.73. The molecule has 280 valence electrons. The zero-order chi connectivity index (χ0) is 39.5. The Balaban J connectivity index is 1.10. The molecular formula is C54H38N4S. The van der Waals surface area contributed by atoms with E-state index in [0.717, 1.165) is 28.1 Å². The van der Waals surface area contributed by atoms with Gasteiger partial charge in [0.1, 0.15) is 0 Å². The summed E-state index contributed by atoms with van der Waals surface area (Å²) in [6, 6.07) is 69.2. The molecule has 2 aromatic heterocycles. The second-order valence-electron chi connectivity index (χ2n) is 15.7. The van der Waals surface area contributed by atoms with Gasteiger partial charge in [-0.1, -0.05) is 153 Å². The summed E-state index contributed by atoms with van der Waals surface area (Å²) in [6.07, 6.45) is 0. The highest BCUT2D eigenvalue weighted by molar-refractivity contribution is 7.25. The second-order valence-corrected chi connectivity index (χ2v) is 16.7. The Morgan fingerprint density at radius 2 is 0.932 bits per heavy atom. The van der Waals surface area contributed by atoms with E-state index < -0.39 is 0 Å². The van der Waals surface area contributed by atoms with Crippen molar-refractivity contribution in [3.05, 3.63) is 205 Å². The first-order valence-corrected chi connectivity index (χ1v) is 20.8. The molecule has 0 unspecified atom stereocenters. The third-order valence-electron chi connectivity index (χ3n) is 11.7. The minimum absolute atomic E-state index is 0.201. The Labute approximate surface area is 347 Å². The third kappa shape index (κ3) is 6.01. The number of hydrogen-bond acceptors (Lipinski definition) is 5. The normalized spacial score (nSPS) is 12.7. The molecule has 2 heterocycles. The summed E-state index contributed by atoms with van der Waals surface area (Å²) in [5.41, 5.74) is 13.7. The summed E-state index contributed by atoms with van der Waals surface area (Å²) in [5, 5.41) is 2.38. The molecule has 0 bridgehead atoms. The molecule has 0 radical (unpaired) electrons. The van der Waals surface area contributed by atoms with Crippen LogP contribution in [0.1, 0.15) is 25.0 Å². The number of anilines is 3. The van der Waals surface area contributed by atoms with Crippen molar-refractivity contribution in [1.82, 2.24) is 15.0 Å². The highest BCUT2D eigenvalue weighted by Crippen LogP contribution is 2.54. The quantitative estimate of drug-likeness (QED) is 0.162. The summed E-state index contributed by atoms with van der Waals surface area (Å²) in [5.74, 6) is 1.96. The molecule has 0 spiro atoms. The lowest BCUT2D eigenvalue weighted by molar-refractivity contribution is 0.661. The van der Waals surface area contributed by atoms with Crippen LogP contribution in [0.25, 0.3) is 76.6 Å². The lowest BCUT2D eigenvalue weighted by Crippen LogP contribution is -2.20. The topological polar surface area (TPSA) is 41.9 Å². The molecule has 8 aromatic carbocycles. The first kappa shape index (κ1) is 35.0. The first-order valence-electron chi connectivity index (χ1n) is 20.0. The fourth-order valence-corrected chi connectivity index (χ4v) is 9.94. The molecule has 0 amide bonds. The Kier molecular flexibility index (Phi) is 8.31. The van der Waals surface area contributed by atoms with Crippen molar-refractivity contribution >= 4 is 48.6 Å². The Hall–Kier alpha value is -7.21.